The van der Waals surface area contributed by atoms with Gasteiger partial charge in [0.2, 0.25) is 0 Å². The van der Waals surface area contributed by atoms with Crippen molar-refractivity contribution < 1.29 is 22.3 Å². The first kappa shape index (κ1) is 30.9. The number of hydrogen-bond acceptors (Lipinski definition) is 5. The van der Waals surface area contributed by atoms with Crippen LogP contribution in [0.2, 0.25) is 0 Å². The van der Waals surface area contributed by atoms with Gasteiger partial charge in [-0.05, 0) is 43.0 Å². The van der Waals surface area contributed by atoms with Gasteiger partial charge in [-0.25, -0.2) is 9.18 Å². The van der Waals surface area contributed by atoms with Crippen LogP contribution in [0.5, 0.6) is 0 Å². The predicted molar refractivity (Wildman–Crippen MR) is 161 cm³/mol. The van der Waals surface area contributed by atoms with Crippen LogP contribution in [-0.2, 0) is 42.8 Å². The fourth-order valence-electron chi connectivity index (χ4n) is 6.63. The van der Waals surface area contributed by atoms with E-state index in [1.54, 1.807) is 24.3 Å². The van der Waals surface area contributed by atoms with Crippen molar-refractivity contribution in [2.24, 2.45) is 5.73 Å². The van der Waals surface area contributed by atoms with Crippen molar-refractivity contribution in [3.05, 3.63) is 139 Å². The van der Waals surface area contributed by atoms with Crippen LogP contribution in [0.15, 0.2) is 82.4 Å². The Labute approximate surface area is 257 Å². The van der Waals surface area contributed by atoms with Crippen molar-refractivity contribution in [2.45, 2.75) is 63.8 Å². The summed E-state index contributed by atoms with van der Waals surface area (Å²) in [6.07, 6.45) is -3.97. The molecule has 0 bridgehead atoms. The van der Waals surface area contributed by atoms with E-state index in [9.17, 15) is 22.8 Å². The summed E-state index contributed by atoms with van der Waals surface area (Å²) in [7, 11) is 0. The van der Waals surface area contributed by atoms with Gasteiger partial charge >= 0.3 is 11.9 Å². The molecule has 1 fully saturated rings. The van der Waals surface area contributed by atoms with Crippen molar-refractivity contribution in [1.29, 1.82) is 0 Å². The van der Waals surface area contributed by atoms with E-state index in [0.717, 1.165) is 38.5 Å². The second kappa shape index (κ2) is 12.0. The smallest absolute Gasteiger partial charge is 0.364 e. The van der Waals surface area contributed by atoms with Crippen LogP contribution in [-0.4, -0.2) is 27.1 Å². The van der Waals surface area contributed by atoms with E-state index < -0.39 is 52.6 Å². The quantitative estimate of drug-likeness (QED) is 0.285. The van der Waals surface area contributed by atoms with Crippen LogP contribution in [0.1, 0.15) is 58.0 Å². The topological polar surface area (TPSA) is 82.5 Å². The number of rotatable bonds is 7. The average Bonchev–Trinajstić information content (AvgIpc) is 3.37. The SMILES string of the molecule is Cc1cccc(CN2CCC3(CC2)OCc2c3c(=O)n(C[C@H](N)c3ccccc3)c(=O)n2Cc2c(F)cccc2C(F)(F)F)c1. The minimum absolute atomic E-state index is 0.154. The summed E-state index contributed by atoms with van der Waals surface area (Å²) in [5.41, 5.74) is 5.52. The van der Waals surface area contributed by atoms with Gasteiger partial charge in [0.25, 0.3) is 5.56 Å². The van der Waals surface area contributed by atoms with Crippen molar-refractivity contribution in [3.63, 3.8) is 0 Å². The highest BCUT2D eigenvalue weighted by Gasteiger charge is 2.47. The maximum atomic E-state index is 15.0. The highest BCUT2D eigenvalue weighted by Crippen LogP contribution is 2.43. The summed E-state index contributed by atoms with van der Waals surface area (Å²) < 4.78 is 65.2. The zero-order valence-electron chi connectivity index (χ0n) is 24.8. The third-order valence-electron chi connectivity index (χ3n) is 8.98. The zero-order valence-corrected chi connectivity index (χ0v) is 24.8. The molecule has 45 heavy (non-hydrogen) atoms. The molecule has 3 heterocycles. The normalized spacial score (nSPS) is 17.0. The van der Waals surface area contributed by atoms with Crippen LogP contribution in [0.3, 0.4) is 0 Å². The molecule has 7 nitrogen and oxygen atoms in total. The number of benzene rings is 3. The van der Waals surface area contributed by atoms with Gasteiger partial charge in [-0.1, -0.05) is 66.2 Å². The molecule has 1 saturated heterocycles. The Kier molecular flexibility index (Phi) is 8.28. The van der Waals surface area contributed by atoms with E-state index in [1.165, 1.54) is 0 Å². The Hall–Kier alpha value is -4.06. The number of ether oxygens (including phenoxy) is 1. The lowest BCUT2D eigenvalue weighted by Crippen LogP contribution is -2.49. The van der Waals surface area contributed by atoms with E-state index in [4.69, 9.17) is 10.5 Å². The molecule has 2 N–H and O–H groups in total. The average molecular weight is 623 g/mol. The lowest BCUT2D eigenvalue weighted by molar-refractivity contribution is -0.138. The summed E-state index contributed by atoms with van der Waals surface area (Å²) in [5.74, 6) is -1.10. The van der Waals surface area contributed by atoms with Gasteiger partial charge in [-0.2, -0.15) is 13.2 Å². The molecular formula is C34H34F4N4O3. The Balaban J connectivity index is 1.42. The molecule has 1 atom stereocenters. The van der Waals surface area contributed by atoms with Gasteiger partial charge in [-0.15, -0.1) is 0 Å². The molecule has 0 saturated carbocycles. The van der Waals surface area contributed by atoms with Crippen molar-refractivity contribution >= 4 is 0 Å². The molecule has 0 aliphatic carbocycles. The number of alkyl halides is 3. The van der Waals surface area contributed by atoms with E-state index >= 15 is 4.39 Å². The van der Waals surface area contributed by atoms with E-state index in [-0.39, 0.29) is 24.4 Å². The monoisotopic (exact) mass is 622 g/mol. The lowest BCUT2D eigenvalue weighted by atomic mass is 9.85. The van der Waals surface area contributed by atoms with E-state index in [0.29, 0.717) is 38.0 Å². The van der Waals surface area contributed by atoms with Gasteiger partial charge < -0.3 is 10.5 Å². The number of hydrogen-bond donors (Lipinski definition) is 1. The first-order valence-electron chi connectivity index (χ1n) is 14.9. The Bertz CT molecular complexity index is 1830. The van der Waals surface area contributed by atoms with E-state index in [2.05, 4.69) is 17.0 Å². The highest BCUT2D eigenvalue weighted by atomic mass is 19.4. The third kappa shape index (κ3) is 5.99. The molecule has 4 aromatic rings. The van der Waals surface area contributed by atoms with Gasteiger partial charge in [0, 0.05) is 31.2 Å². The minimum Gasteiger partial charge on any atom is -0.364 e. The number of piperidine rings is 1. The summed E-state index contributed by atoms with van der Waals surface area (Å²) in [4.78, 5) is 30.4. The molecular weight excluding hydrogens is 588 g/mol. The van der Waals surface area contributed by atoms with Crippen LogP contribution >= 0.6 is 0 Å². The first-order chi connectivity index (χ1) is 21.5. The summed E-state index contributed by atoms with van der Waals surface area (Å²) >= 11 is 0. The summed E-state index contributed by atoms with van der Waals surface area (Å²) in [5, 5.41) is 0. The zero-order chi connectivity index (χ0) is 31.9. The molecule has 1 aromatic heterocycles. The molecule has 6 rings (SSSR count). The van der Waals surface area contributed by atoms with Gasteiger partial charge in [0.1, 0.15) is 11.4 Å². The van der Waals surface area contributed by atoms with Gasteiger partial charge in [0.05, 0.1) is 36.5 Å². The number of halogens is 4. The van der Waals surface area contributed by atoms with Crippen LogP contribution < -0.4 is 17.0 Å². The second-order valence-corrected chi connectivity index (χ2v) is 11.9. The number of aryl methyl sites for hydroxylation is 1. The number of nitrogens with zero attached hydrogens (tertiary/aromatic N) is 3. The van der Waals surface area contributed by atoms with Crippen LogP contribution in [0, 0.1) is 12.7 Å². The maximum Gasteiger partial charge on any atom is 0.416 e. The largest absolute Gasteiger partial charge is 0.416 e. The Morgan fingerprint density at radius 2 is 1.64 bits per heavy atom. The third-order valence-corrected chi connectivity index (χ3v) is 8.98. The molecule has 1 spiro atoms. The molecule has 236 valence electrons. The fourth-order valence-corrected chi connectivity index (χ4v) is 6.63. The van der Waals surface area contributed by atoms with Gasteiger partial charge in [-0.3, -0.25) is 18.8 Å². The summed E-state index contributed by atoms with van der Waals surface area (Å²) in [6, 6.07) is 19.1. The molecule has 2 aliphatic rings. The molecule has 0 amide bonds. The van der Waals surface area contributed by atoms with Crippen molar-refractivity contribution in [3.8, 4) is 0 Å². The standard InChI is InChI=1S/C34H34F4N4O3/c1-22-7-5-8-23(17-22)18-40-15-13-33(14-16-40)30-29(21-45-33)41(19-25-26(34(36,37)38)11-6-12-27(25)35)32(44)42(31(30)43)20-28(39)24-9-3-2-4-10-24/h2-12,17,28H,13-16,18-21,39H2,1H3/t28-/m0/s1. The molecule has 0 unspecified atom stereocenters. The number of aromatic nitrogens is 2. The first-order valence-corrected chi connectivity index (χ1v) is 14.9. The number of nitrogens with two attached hydrogens (primary N) is 1. The summed E-state index contributed by atoms with van der Waals surface area (Å²) in [6.45, 7) is 2.86. The van der Waals surface area contributed by atoms with Crippen LogP contribution in [0.25, 0.3) is 0 Å². The molecule has 0 radical (unpaired) electrons. The lowest BCUT2D eigenvalue weighted by Gasteiger charge is -2.39. The maximum absolute atomic E-state index is 15.0. The molecule has 2 aliphatic heterocycles. The second-order valence-electron chi connectivity index (χ2n) is 11.9. The molecule has 3 aromatic carbocycles. The fraction of sp³-hybridized carbons (Fsp3) is 0.353. The van der Waals surface area contributed by atoms with Crippen molar-refractivity contribution in [1.82, 2.24) is 14.0 Å². The predicted octanol–water partition coefficient (Wildman–Crippen LogP) is 5.25. The minimum atomic E-state index is -4.85. The molecule has 11 heteroatoms. The van der Waals surface area contributed by atoms with Crippen molar-refractivity contribution in [2.75, 3.05) is 13.1 Å². The number of likely N-dealkylation sites (tertiary alicyclic amines) is 1. The van der Waals surface area contributed by atoms with Gasteiger partial charge in [0.15, 0.2) is 0 Å². The van der Waals surface area contributed by atoms with Crippen LogP contribution in [0.4, 0.5) is 17.6 Å². The highest BCUT2D eigenvalue weighted by molar-refractivity contribution is 5.35. The Morgan fingerprint density at radius 1 is 0.933 bits per heavy atom. The Morgan fingerprint density at radius 3 is 2.33 bits per heavy atom. The number of fused-ring (bicyclic) bond motifs is 2. The van der Waals surface area contributed by atoms with E-state index in [1.807, 2.05) is 25.1 Å².